The zero-order valence-corrected chi connectivity index (χ0v) is 11.1. The van der Waals surface area contributed by atoms with Crippen LogP contribution in [0.25, 0.3) is 0 Å². The van der Waals surface area contributed by atoms with Gasteiger partial charge in [0.2, 0.25) is 0 Å². The standard InChI is InChI=1S/C14H20N4/c1-3-13-16-14(4-2)18(17-13)10-12-7-5-6-11(8-12)9-15/h5-8H,3-4,9-10,15H2,1-2H3. The van der Waals surface area contributed by atoms with Gasteiger partial charge in [0.1, 0.15) is 5.82 Å². The lowest BCUT2D eigenvalue weighted by Crippen LogP contribution is -2.07. The van der Waals surface area contributed by atoms with E-state index in [1.165, 1.54) is 5.56 Å². The van der Waals surface area contributed by atoms with Crippen LogP contribution in [0.5, 0.6) is 0 Å². The first kappa shape index (κ1) is 12.8. The normalized spacial score (nSPS) is 10.8. The molecule has 2 aromatic rings. The third-order valence-electron chi connectivity index (χ3n) is 2.98. The molecule has 0 saturated heterocycles. The lowest BCUT2D eigenvalue weighted by atomic mass is 10.1. The number of nitrogens with two attached hydrogens (primary N) is 1. The second-order valence-electron chi connectivity index (χ2n) is 4.33. The first-order valence-electron chi connectivity index (χ1n) is 6.47. The Morgan fingerprint density at radius 2 is 1.94 bits per heavy atom. The SMILES string of the molecule is CCc1nc(CC)n(Cc2cccc(CN)c2)n1. The Kier molecular flexibility index (Phi) is 4.10. The lowest BCUT2D eigenvalue weighted by Gasteiger charge is -2.06. The van der Waals surface area contributed by atoms with E-state index in [9.17, 15) is 0 Å². The summed E-state index contributed by atoms with van der Waals surface area (Å²) < 4.78 is 1.99. The maximum Gasteiger partial charge on any atom is 0.150 e. The molecule has 0 fully saturated rings. The first-order valence-corrected chi connectivity index (χ1v) is 6.47. The first-order chi connectivity index (χ1) is 8.76. The Morgan fingerprint density at radius 3 is 2.61 bits per heavy atom. The average Bonchev–Trinajstić information content (AvgIpc) is 2.81. The van der Waals surface area contributed by atoms with E-state index in [4.69, 9.17) is 5.73 Å². The van der Waals surface area contributed by atoms with E-state index in [-0.39, 0.29) is 0 Å². The van der Waals surface area contributed by atoms with Gasteiger partial charge >= 0.3 is 0 Å². The molecule has 2 rings (SSSR count). The zero-order valence-electron chi connectivity index (χ0n) is 11.1. The fourth-order valence-electron chi connectivity index (χ4n) is 1.99. The molecule has 0 spiro atoms. The zero-order chi connectivity index (χ0) is 13.0. The summed E-state index contributed by atoms with van der Waals surface area (Å²) in [5.41, 5.74) is 8.04. The van der Waals surface area contributed by atoms with Gasteiger partial charge in [0.25, 0.3) is 0 Å². The third-order valence-corrected chi connectivity index (χ3v) is 2.98. The van der Waals surface area contributed by atoms with Crippen molar-refractivity contribution in [1.29, 1.82) is 0 Å². The van der Waals surface area contributed by atoms with Gasteiger partial charge in [-0.1, -0.05) is 38.1 Å². The molecule has 1 aromatic heterocycles. The highest BCUT2D eigenvalue weighted by atomic mass is 15.3. The summed E-state index contributed by atoms with van der Waals surface area (Å²) in [5.74, 6) is 1.96. The van der Waals surface area contributed by atoms with Crippen molar-refractivity contribution in [3.8, 4) is 0 Å². The quantitative estimate of drug-likeness (QED) is 0.874. The molecule has 0 bridgehead atoms. The maximum atomic E-state index is 5.66. The Labute approximate surface area is 108 Å². The smallest absolute Gasteiger partial charge is 0.150 e. The van der Waals surface area contributed by atoms with Gasteiger partial charge in [-0.05, 0) is 11.1 Å². The minimum absolute atomic E-state index is 0.575. The topological polar surface area (TPSA) is 56.7 Å². The number of aromatic nitrogens is 3. The van der Waals surface area contributed by atoms with E-state index in [0.717, 1.165) is 36.6 Å². The minimum atomic E-state index is 0.575. The molecule has 0 unspecified atom stereocenters. The van der Waals surface area contributed by atoms with Crippen LogP contribution in [-0.4, -0.2) is 14.8 Å². The van der Waals surface area contributed by atoms with Crippen molar-refractivity contribution in [3.05, 3.63) is 47.0 Å². The number of hydrogen-bond acceptors (Lipinski definition) is 3. The second-order valence-corrected chi connectivity index (χ2v) is 4.33. The van der Waals surface area contributed by atoms with Crippen LogP contribution in [0.3, 0.4) is 0 Å². The molecule has 2 N–H and O–H groups in total. The van der Waals surface area contributed by atoms with Crippen LogP contribution in [0.2, 0.25) is 0 Å². The number of hydrogen-bond donors (Lipinski definition) is 1. The Morgan fingerprint density at radius 1 is 1.17 bits per heavy atom. The minimum Gasteiger partial charge on any atom is -0.326 e. The third kappa shape index (κ3) is 2.76. The lowest BCUT2D eigenvalue weighted by molar-refractivity contribution is 0.636. The van der Waals surface area contributed by atoms with Crippen LogP contribution in [0.1, 0.15) is 36.6 Å². The van der Waals surface area contributed by atoms with Crippen LogP contribution in [0, 0.1) is 0 Å². The molecular formula is C14H20N4. The van der Waals surface area contributed by atoms with Crippen molar-refractivity contribution in [2.45, 2.75) is 39.8 Å². The van der Waals surface area contributed by atoms with Crippen molar-refractivity contribution in [2.24, 2.45) is 5.73 Å². The van der Waals surface area contributed by atoms with Gasteiger partial charge < -0.3 is 5.73 Å². The molecule has 0 atom stereocenters. The van der Waals surface area contributed by atoms with Gasteiger partial charge in [-0.3, -0.25) is 0 Å². The van der Waals surface area contributed by atoms with E-state index in [1.54, 1.807) is 0 Å². The van der Waals surface area contributed by atoms with Crippen molar-refractivity contribution in [2.75, 3.05) is 0 Å². The van der Waals surface area contributed by atoms with Crippen LogP contribution < -0.4 is 5.73 Å². The van der Waals surface area contributed by atoms with E-state index in [1.807, 2.05) is 16.8 Å². The summed E-state index contributed by atoms with van der Waals surface area (Å²) in [7, 11) is 0. The molecule has 0 amide bonds. The highest BCUT2D eigenvalue weighted by Gasteiger charge is 2.07. The summed E-state index contributed by atoms with van der Waals surface area (Å²) in [6.45, 7) is 5.53. The fraction of sp³-hybridized carbons (Fsp3) is 0.429. The van der Waals surface area contributed by atoms with Crippen molar-refractivity contribution >= 4 is 0 Å². The van der Waals surface area contributed by atoms with Gasteiger partial charge in [-0.2, -0.15) is 5.10 Å². The number of rotatable bonds is 5. The number of aryl methyl sites for hydroxylation is 2. The highest BCUT2D eigenvalue weighted by Crippen LogP contribution is 2.09. The molecule has 1 heterocycles. The molecule has 0 aliphatic carbocycles. The highest BCUT2D eigenvalue weighted by molar-refractivity contribution is 5.23. The molecule has 0 saturated carbocycles. The largest absolute Gasteiger partial charge is 0.326 e. The van der Waals surface area contributed by atoms with Gasteiger partial charge in [-0.15, -0.1) is 0 Å². The van der Waals surface area contributed by atoms with Crippen molar-refractivity contribution in [1.82, 2.24) is 14.8 Å². The summed E-state index contributed by atoms with van der Waals surface area (Å²) in [5, 5.41) is 4.52. The predicted octanol–water partition coefficient (Wildman–Crippen LogP) is 1.91. The Hall–Kier alpha value is -1.68. The van der Waals surface area contributed by atoms with Crippen LogP contribution >= 0.6 is 0 Å². The molecule has 4 heteroatoms. The van der Waals surface area contributed by atoms with Gasteiger partial charge in [0.05, 0.1) is 6.54 Å². The van der Waals surface area contributed by atoms with Crippen LogP contribution in [0.4, 0.5) is 0 Å². The number of nitrogens with zero attached hydrogens (tertiary/aromatic N) is 3. The van der Waals surface area contributed by atoms with E-state index in [2.05, 4.69) is 36.1 Å². The maximum absolute atomic E-state index is 5.66. The molecule has 18 heavy (non-hydrogen) atoms. The van der Waals surface area contributed by atoms with E-state index in [0.29, 0.717) is 6.54 Å². The molecule has 0 aliphatic rings. The number of benzene rings is 1. The summed E-state index contributed by atoms with van der Waals surface area (Å²) in [4.78, 5) is 4.51. The molecule has 1 aromatic carbocycles. The summed E-state index contributed by atoms with van der Waals surface area (Å²) in [6, 6.07) is 8.32. The Bertz CT molecular complexity index is 516. The molecular weight excluding hydrogens is 224 g/mol. The summed E-state index contributed by atoms with van der Waals surface area (Å²) >= 11 is 0. The van der Waals surface area contributed by atoms with Gasteiger partial charge in [-0.25, -0.2) is 9.67 Å². The molecule has 4 nitrogen and oxygen atoms in total. The van der Waals surface area contributed by atoms with Gasteiger partial charge in [0.15, 0.2) is 5.82 Å². The average molecular weight is 244 g/mol. The van der Waals surface area contributed by atoms with Gasteiger partial charge in [0, 0.05) is 19.4 Å². The monoisotopic (exact) mass is 244 g/mol. The fourth-order valence-corrected chi connectivity index (χ4v) is 1.99. The molecule has 0 aliphatic heterocycles. The Balaban J connectivity index is 2.24. The van der Waals surface area contributed by atoms with E-state index < -0.39 is 0 Å². The van der Waals surface area contributed by atoms with E-state index >= 15 is 0 Å². The predicted molar refractivity (Wildman–Crippen MR) is 72.2 cm³/mol. The van der Waals surface area contributed by atoms with Crippen molar-refractivity contribution < 1.29 is 0 Å². The van der Waals surface area contributed by atoms with Crippen molar-refractivity contribution in [3.63, 3.8) is 0 Å². The summed E-state index contributed by atoms with van der Waals surface area (Å²) in [6.07, 6.45) is 1.78. The molecule has 0 radical (unpaired) electrons. The second kappa shape index (κ2) is 5.78. The molecule has 96 valence electrons. The van der Waals surface area contributed by atoms with Crippen LogP contribution in [-0.2, 0) is 25.9 Å². The van der Waals surface area contributed by atoms with Crippen LogP contribution in [0.15, 0.2) is 24.3 Å².